The highest BCUT2D eigenvalue weighted by Gasteiger charge is 2.39. The van der Waals surface area contributed by atoms with Crippen molar-refractivity contribution in [2.24, 2.45) is 11.7 Å². The van der Waals surface area contributed by atoms with E-state index in [2.05, 4.69) is 20.7 Å². The number of ketones is 1. The molecule has 2 aromatic heterocycles. The Bertz CT molecular complexity index is 1290. The quantitative estimate of drug-likeness (QED) is 0.269. The van der Waals surface area contributed by atoms with Crippen LogP contribution in [0.1, 0.15) is 49.0 Å². The van der Waals surface area contributed by atoms with E-state index in [-0.39, 0.29) is 44.0 Å². The number of nitrogens with zero attached hydrogens (tertiary/aromatic N) is 4. The lowest BCUT2D eigenvalue weighted by Gasteiger charge is -2.33. The van der Waals surface area contributed by atoms with E-state index in [1.54, 1.807) is 23.4 Å². The number of imidazole rings is 1. The van der Waals surface area contributed by atoms with Crippen LogP contribution in [-0.4, -0.2) is 83.2 Å². The molecule has 1 saturated heterocycles. The number of ether oxygens (including phenoxy) is 2. The highest BCUT2D eigenvalue weighted by atomic mass is 19.3. The molecule has 2 fully saturated rings. The number of urea groups is 1. The van der Waals surface area contributed by atoms with Crippen LogP contribution in [0.2, 0.25) is 0 Å². The molecule has 0 bridgehead atoms. The Morgan fingerprint density at radius 1 is 1.32 bits per heavy atom. The molecule has 41 heavy (non-hydrogen) atoms. The Labute approximate surface area is 232 Å². The van der Waals surface area contributed by atoms with Crippen molar-refractivity contribution in [1.82, 2.24) is 30.1 Å². The van der Waals surface area contributed by atoms with Crippen molar-refractivity contribution in [3.8, 4) is 0 Å². The maximum Gasteiger partial charge on any atom is 0.408 e. The molecule has 0 aromatic carbocycles. The van der Waals surface area contributed by atoms with Gasteiger partial charge < -0.3 is 30.7 Å². The summed E-state index contributed by atoms with van der Waals surface area (Å²) in [5, 5.41) is 9.77. The number of alkyl carbamates (subject to hydrolysis) is 1. The molecule has 1 saturated carbocycles. The fourth-order valence-corrected chi connectivity index (χ4v) is 4.98. The van der Waals surface area contributed by atoms with Crippen LogP contribution in [0.3, 0.4) is 0 Å². The van der Waals surface area contributed by atoms with E-state index in [9.17, 15) is 31.9 Å². The van der Waals surface area contributed by atoms with Gasteiger partial charge in [-0.1, -0.05) is 0 Å². The normalized spacial score (nSPS) is 19.3. The second-order valence-corrected chi connectivity index (χ2v) is 9.97. The molecule has 1 aliphatic carbocycles. The van der Waals surface area contributed by atoms with Crippen molar-refractivity contribution in [2.75, 3.05) is 33.4 Å². The van der Waals surface area contributed by atoms with Gasteiger partial charge in [-0.3, -0.25) is 4.79 Å². The predicted molar refractivity (Wildman–Crippen MR) is 135 cm³/mol. The number of nitrogens with one attached hydrogen (secondary N) is 2. The summed E-state index contributed by atoms with van der Waals surface area (Å²) < 4.78 is 64.4. The van der Waals surface area contributed by atoms with Gasteiger partial charge in [-0.25, -0.2) is 36.7 Å². The molecule has 2 atom stereocenters. The van der Waals surface area contributed by atoms with E-state index < -0.39 is 48.8 Å². The Hall–Kier alpha value is -3.95. The molecule has 2 aromatic rings. The van der Waals surface area contributed by atoms with Gasteiger partial charge in [0.2, 0.25) is 11.7 Å². The average Bonchev–Trinajstić information content (AvgIpc) is 3.54. The number of amides is 3. The zero-order chi connectivity index (χ0) is 29.7. The van der Waals surface area contributed by atoms with E-state index in [4.69, 9.17) is 15.2 Å². The van der Waals surface area contributed by atoms with Gasteiger partial charge in [0.25, 0.3) is 6.43 Å². The number of alkyl halides is 4. The van der Waals surface area contributed by atoms with Crippen LogP contribution in [0.25, 0.3) is 5.65 Å². The van der Waals surface area contributed by atoms with Crippen molar-refractivity contribution >= 4 is 23.6 Å². The van der Waals surface area contributed by atoms with E-state index in [1.807, 2.05) is 0 Å². The molecule has 2 aliphatic rings. The summed E-state index contributed by atoms with van der Waals surface area (Å²) in [7, 11) is 1.52. The minimum absolute atomic E-state index is 0.0927. The lowest BCUT2D eigenvalue weighted by Crippen LogP contribution is -2.38. The summed E-state index contributed by atoms with van der Waals surface area (Å²) in [4.78, 5) is 42.2. The third-order valence-electron chi connectivity index (χ3n) is 7.07. The number of allylic oxidation sites excluding steroid dienone is 1. The van der Waals surface area contributed by atoms with Crippen LogP contribution < -0.4 is 16.4 Å². The highest BCUT2D eigenvalue weighted by molar-refractivity contribution is 5.92. The third kappa shape index (κ3) is 7.42. The number of carbonyl (C=O) groups is 3. The molecule has 4 N–H and O–H groups in total. The zero-order valence-electron chi connectivity index (χ0n) is 22.2. The van der Waals surface area contributed by atoms with Gasteiger partial charge in [-0.05, 0) is 24.8 Å². The number of nitrogens with two attached hydrogens (primary N) is 1. The van der Waals surface area contributed by atoms with E-state index >= 15 is 0 Å². The van der Waals surface area contributed by atoms with Gasteiger partial charge in [-0.15, -0.1) is 0 Å². The summed E-state index contributed by atoms with van der Waals surface area (Å²) in [5.74, 6) is -4.76. The number of carbonyl (C=O) groups excluding carboxylic acids is 3. The summed E-state index contributed by atoms with van der Waals surface area (Å²) in [6.45, 7) is 0.552. The molecule has 0 radical (unpaired) electrons. The van der Waals surface area contributed by atoms with Crippen LogP contribution in [0, 0.1) is 5.92 Å². The molecule has 1 aliphatic heterocycles. The van der Waals surface area contributed by atoms with Gasteiger partial charge in [0, 0.05) is 44.7 Å². The topological polar surface area (TPSA) is 153 Å². The molecule has 2 unspecified atom stereocenters. The maximum atomic E-state index is 13.9. The number of methoxy groups -OCH3 is 1. The largest absolute Gasteiger partial charge is 0.443 e. The van der Waals surface area contributed by atoms with Gasteiger partial charge >= 0.3 is 12.1 Å². The third-order valence-corrected chi connectivity index (χ3v) is 7.07. The van der Waals surface area contributed by atoms with Crippen LogP contribution >= 0.6 is 0 Å². The molecule has 3 amide bonds. The second-order valence-electron chi connectivity index (χ2n) is 9.97. The fraction of sp³-hybridized carbons (Fsp3) is 0.560. The van der Waals surface area contributed by atoms with Crippen molar-refractivity contribution < 1.29 is 41.4 Å². The molecule has 4 rings (SSSR count). The van der Waals surface area contributed by atoms with Gasteiger partial charge in [0.05, 0.1) is 42.5 Å². The minimum atomic E-state index is -3.25. The monoisotopic (exact) mass is 585 g/mol. The van der Waals surface area contributed by atoms with E-state index in [0.29, 0.717) is 36.1 Å². The number of hydrogen-bond acceptors (Lipinski definition) is 8. The lowest BCUT2D eigenvalue weighted by atomic mass is 9.81. The van der Waals surface area contributed by atoms with Crippen LogP contribution in [0.4, 0.5) is 27.2 Å². The van der Waals surface area contributed by atoms with Gasteiger partial charge in [-0.2, -0.15) is 5.10 Å². The van der Waals surface area contributed by atoms with Gasteiger partial charge in [0.1, 0.15) is 6.61 Å². The Balaban J connectivity index is 1.56. The van der Waals surface area contributed by atoms with Crippen molar-refractivity contribution in [3.05, 3.63) is 41.5 Å². The fourth-order valence-electron chi connectivity index (χ4n) is 4.98. The van der Waals surface area contributed by atoms with Gasteiger partial charge in [0.15, 0.2) is 5.65 Å². The minimum Gasteiger partial charge on any atom is -0.443 e. The number of halogens is 4. The SMILES string of the molecule is COCC(c1cnn2cc(C(NC(=O)OC/C(N)=C/C(=O)C(F)F)C3CCC(F)(F)CC3)nc2c1)N1CCNC1=O. The predicted octanol–water partition coefficient (Wildman–Crippen LogP) is 2.71. The Morgan fingerprint density at radius 3 is 2.68 bits per heavy atom. The molecular weight excluding hydrogens is 554 g/mol. The zero-order valence-corrected chi connectivity index (χ0v) is 22.2. The average molecular weight is 586 g/mol. The maximum absolute atomic E-state index is 13.9. The molecule has 12 nitrogen and oxygen atoms in total. The first kappa shape index (κ1) is 30.0. The van der Waals surface area contributed by atoms with Crippen molar-refractivity contribution in [3.63, 3.8) is 0 Å². The van der Waals surface area contributed by atoms with E-state index in [1.165, 1.54) is 11.6 Å². The smallest absolute Gasteiger partial charge is 0.408 e. The van der Waals surface area contributed by atoms with Crippen molar-refractivity contribution in [2.45, 2.75) is 50.1 Å². The number of rotatable bonds is 11. The first-order valence-electron chi connectivity index (χ1n) is 12.9. The summed E-state index contributed by atoms with van der Waals surface area (Å²) >= 11 is 0. The van der Waals surface area contributed by atoms with E-state index in [0.717, 1.165) is 0 Å². The number of aromatic nitrogens is 3. The summed E-state index contributed by atoms with van der Waals surface area (Å²) in [6, 6.07) is 0.208. The Morgan fingerprint density at radius 2 is 2.05 bits per heavy atom. The standard InChI is InChI=1S/C25H31F4N7O5/c1-40-13-18(35-7-6-31-23(35)38)15-8-20-33-17(11-36(20)32-10-15)21(14-2-4-25(28,29)5-3-14)34-24(39)41-12-16(30)9-19(37)22(26)27/h8-11,14,18,21-22H,2-7,12-13,30H2,1H3,(H,31,38)(H,34,39)/b16-9-. The molecular formula is C25H31F4N7O5. The summed E-state index contributed by atoms with van der Waals surface area (Å²) in [6.07, 6.45) is -1.21. The molecule has 224 valence electrons. The molecule has 3 heterocycles. The molecule has 16 heteroatoms. The lowest BCUT2D eigenvalue weighted by molar-refractivity contribution is -0.124. The molecule has 0 spiro atoms. The summed E-state index contributed by atoms with van der Waals surface area (Å²) in [5.41, 5.74) is 6.49. The first-order chi connectivity index (χ1) is 19.5. The Kier molecular flexibility index (Phi) is 9.30. The second kappa shape index (κ2) is 12.7. The van der Waals surface area contributed by atoms with Crippen LogP contribution in [-0.2, 0) is 14.3 Å². The van der Waals surface area contributed by atoms with Crippen molar-refractivity contribution in [1.29, 1.82) is 0 Å². The number of hydrogen-bond donors (Lipinski definition) is 3. The van der Waals surface area contributed by atoms with Crippen LogP contribution in [0.5, 0.6) is 0 Å². The van der Waals surface area contributed by atoms with Crippen LogP contribution in [0.15, 0.2) is 30.2 Å². The number of fused-ring (bicyclic) bond motifs is 1. The first-order valence-corrected chi connectivity index (χ1v) is 12.9. The highest BCUT2D eigenvalue weighted by Crippen LogP contribution is 2.41.